The third-order valence-electron chi connectivity index (χ3n) is 3.08. The number of hydrogen-bond acceptors (Lipinski definition) is 3. The van der Waals surface area contributed by atoms with Gasteiger partial charge in [0.05, 0.1) is 13.2 Å². The summed E-state index contributed by atoms with van der Waals surface area (Å²) in [4.78, 5) is 24.7. The van der Waals surface area contributed by atoms with Crippen molar-refractivity contribution >= 4 is 35.0 Å². The molecule has 0 spiro atoms. The maximum atomic E-state index is 11.9. The van der Waals surface area contributed by atoms with Crippen LogP contribution < -0.4 is 5.32 Å². The smallest absolute Gasteiger partial charge is 0.239 e. The Morgan fingerprint density at radius 2 is 2.05 bits per heavy atom. The van der Waals surface area contributed by atoms with Crippen molar-refractivity contribution in [2.24, 2.45) is 0 Å². The average Bonchev–Trinajstić information content (AvgIpc) is 2.45. The molecule has 0 aliphatic heterocycles. The highest BCUT2D eigenvalue weighted by Gasteiger charge is 2.13. The van der Waals surface area contributed by atoms with Gasteiger partial charge in [-0.25, -0.2) is 0 Å². The number of benzene rings is 1. The molecule has 0 bridgehead atoms. The predicted octanol–water partition coefficient (Wildman–Crippen LogP) is 2.15. The van der Waals surface area contributed by atoms with E-state index in [1.807, 2.05) is 6.07 Å². The number of ether oxygens (including phenoxy) is 1. The molecule has 2 amide bonds. The molecule has 0 saturated heterocycles. The van der Waals surface area contributed by atoms with Crippen molar-refractivity contribution in [1.29, 1.82) is 0 Å². The number of nitrogens with one attached hydrogen (secondary N) is 1. The highest BCUT2D eigenvalue weighted by molar-refractivity contribution is 6.35. The molecule has 1 N–H and O–H groups in total. The molecule has 1 rings (SSSR count). The van der Waals surface area contributed by atoms with Crippen LogP contribution in [0.25, 0.3) is 0 Å². The number of carbonyl (C=O) groups excluding carboxylic acids is 2. The molecule has 0 aromatic heterocycles. The lowest BCUT2D eigenvalue weighted by Gasteiger charge is -2.20. The van der Waals surface area contributed by atoms with E-state index in [1.165, 1.54) is 11.8 Å². The third kappa shape index (κ3) is 6.64. The second kappa shape index (κ2) is 9.66. The van der Waals surface area contributed by atoms with Crippen molar-refractivity contribution in [3.63, 3.8) is 0 Å². The van der Waals surface area contributed by atoms with Gasteiger partial charge < -0.3 is 15.0 Å². The topological polar surface area (TPSA) is 58.6 Å². The van der Waals surface area contributed by atoms with E-state index in [9.17, 15) is 9.59 Å². The first kappa shape index (κ1) is 18.7. The van der Waals surface area contributed by atoms with E-state index in [0.29, 0.717) is 36.2 Å². The molecule has 1 aromatic carbocycles. The molecule has 0 radical (unpaired) electrons. The molecule has 0 atom stereocenters. The Morgan fingerprint density at radius 3 is 2.64 bits per heavy atom. The van der Waals surface area contributed by atoms with Crippen molar-refractivity contribution in [2.45, 2.75) is 13.3 Å². The molecule has 1 aromatic rings. The second-order valence-electron chi connectivity index (χ2n) is 4.77. The first-order valence-electron chi connectivity index (χ1n) is 6.89. The minimum atomic E-state index is -0.212. The summed E-state index contributed by atoms with van der Waals surface area (Å²) >= 11 is 11.9. The fraction of sp³-hybridized carbons (Fsp3) is 0.467. The summed E-state index contributed by atoms with van der Waals surface area (Å²) in [5, 5.41) is 3.92. The summed E-state index contributed by atoms with van der Waals surface area (Å²) in [5.41, 5.74) is 0.911. The van der Waals surface area contributed by atoms with Crippen LogP contribution >= 0.6 is 23.2 Å². The molecule has 22 heavy (non-hydrogen) atoms. The number of rotatable bonds is 8. The summed E-state index contributed by atoms with van der Waals surface area (Å²) < 4.78 is 4.91. The number of nitrogens with zero attached hydrogens (tertiary/aromatic N) is 1. The molecule has 122 valence electrons. The largest absolute Gasteiger partial charge is 0.383 e. The first-order valence-corrected chi connectivity index (χ1v) is 7.64. The highest BCUT2D eigenvalue weighted by Crippen LogP contribution is 2.20. The summed E-state index contributed by atoms with van der Waals surface area (Å²) in [5.74, 6) is -0.371. The summed E-state index contributed by atoms with van der Waals surface area (Å²) in [7, 11) is 1.55. The van der Waals surface area contributed by atoms with Crippen molar-refractivity contribution in [3.05, 3.63) is 33.8 Å². The van der Waals surface area contributed by atoms with Gasteiger partial charge in [0.25, 0.3) is 0 Å². The first-order chi connectivity index (χ1) is 10.4. The van der Waals surface area contributed by atoms with Crippen LogP contribution in [0.2, 0.25) is 10.0 Å². The predicted molar refractivity (Wildman–Crippen MR) is 87.3 cm³/mol. The molecule has 0 fully saturated rings. The van der Waals surface area contributed by atoms with Gasteiger partial charge in [0.1, 0.15) is 0 Å². The van der Waals surface area contributed by atoms with Crippen molar-refractivity contribution in [2.75, 3.05) is 33.4 Å². The fourth-order valence-corrected chi connectivity index (χ4v) is 2.34. The third-order valence-corrected chi connectivity index (χ3v) is 3.66. The van der Waals surface area contributed by atoms with Crippen molar-refractivity contribution < 1.29 is 14.3 Å². The zero-order valence-corrected chi connectivity index (χ0v) is 14.2. The minimum Gasteiger partial charge on any atom is -0.383 e. The number of hydrogen-bond donors (Lipinski definition) is 1. The molecule has 7 heteroatoms. The summed E-state index contributed by atoms with van der Waals surface area (Å²) in [6, 6.07) is 5.26. The molecule has 5 nitrogen and oxygen atoms in total. The Hall–Kier alpha value is -1.30. The van der Waals surface area contributed by atoms with Crippen molar-refractivity contribution in [1.82, 2.24) is 10.2 Å². The van der Waals surface area contributed by atoms with E-state index >= 15 is 0 Å². The average molecular weight is 347 g/mol. The van der Waals surface area contributed by atoms with Crippen LogP contribution in [0.15, 0.2) is 18.2 Å². The number of carbonyl (C=O) groups is 2. The van der Waals surface area contributed by atoms with Gasteiger partial charge in [0.2, 0.25) is 11.8 Å². The lowest BCUT2D eigenvalue weighted by Crippen LogP contribution is -2.41. The fourth-order valence-electron chi connectivity index (χ4n) is 1.84. The second-order valence-corrected chi connectivity index (χ2v) is 5.61. The van der Waals surface area contributed by atoms with Gasteiger partial charge in [-0.05, 0) is 24.1 Å². The van der Waals surface area contributed by atoms with Crippen LogP contribution in [-0.4, -0.2) is 50.1 Å². The molecule has 0 aliphatic rings. The van der Waals surface area contributed by atoms with Crippen LogP contribution in [0.3, 0.4) is 0 Å². The quantitative estimate of drug-likeness (QED) is 0.784. The van der Waals surface area contributed by atoms with E-state index in [4.69, 9.17) is 27.9 Å². The van der Waals surface area contributed by atoms with E-state index < -0.39 is 0 Å². The van der Waals surface area contributed by atoms with Gasteiger partial charge >= 0.3 is 0 Å². The zero-order valence-electron chi connectivity index (χ0n) is 12.7. The standard InChI is InChI=1S/C15H20Cl2N2O3/c1-11(20)19(7-8-22-2)10-15(21)18-6-5-12-3-4-13(16)9-14(12)17/h3-4,9H,5-8,10H2,1-2H3,(H,18,21). The number of methoxy groups -OCH3 is 1. The Bertz CT molecular complexity index is 524. The Balaban J connectivity index is 2.40. The minimum absolute atomic E-state index is 0.0209. The Labute approximate surface area is 140 Å². The van der Waals surface area contributed by atoms with Crippen LogP contribution in [0, 0.1) is 0 Å². The van der Waals surface area contributed by atoms with Crippen LogP contribution in [0.4, 0.5) is 0 Å². The molecular formula is C15H20Cl2N2O3. The SMILES string of the molecule is COCCN(CC(=O)NCCc1ccc(Cl)cc1Cl)C(C)=O. The summed E-state index contributed by atoms with van der Waals surface area (Å²) in [6.45, 7) is 2.68. The van der Waals surface area contributed by atoms with Gasteiger partial charge in [0, 0.05) is 37.2 Å². The zero-order chi connectivity index (χ0) is 16.5. The maximum Gasteiger partial charge on any atom is 0.239 e. The molecule has 0 unspecified atom stereocenters. The van der Waals surface area contributed by atoms with Crippen LogP contribution in [0.5, 0.6) is 0 Å². The van der Waals surface area contributed by atoms with Gasteiger partial charge in [-0.3, -0.25) is 9.59 Å². The Morgan fingerprint density at radius 1 is 1.32 bits per heavy atom. The monoisotopic (exact) mass is 346 g/mol. The molecular weight excluding hydrogens is 327 g/mol. The van der Waals surface area contributed by atoms with Crippen LogP contribution in [-0.2, 0) is 20.7 Å². The normalized spacial score (nSPS) is 10.4. The van der Waals surface area contributed by atoms with E-state index in [-0.39, 0.29) is 18.4 Å². The number of halogens is 2. The summed E-state index contributed by atoms with van der Waals surface area (Å²) in [6.07, 6.45) is 0.597. The van der Waals surface area contributed by atoms with E-state index in [1.54, 1.807) is 19.2 Å². The van der Waals surface area contributed by atoms with Gasteiger partial charge in [-0.2, -0.15) is 0 Å². The van der Waals surface area contributed by atoms with Gasteiger partial charge in [-0.15, -0.1) is 0 Å². The van der Waals surface area contributed by atoms with Gasteiger partial charge in [-0.1, -0.05) is 29.3 Å². The highest BCUT2D eigenvalue weighted by atomic mass is 35.5. The van der Waals surface area contributed by atoms with Gasteiger partial charge in [0.15, 0.2) is 0 Å². The van der Waals surface area contributed by atoms with Crippen LogP contribution in [0.1, 0.15) is 12.5 Å². The molecule has 0 heterocycles. The van der Waals surface area contributed by atoms with E-state index in [0.717, 1.165) is 5.56 Å². The number of amides is 2. The maximum absolute atomic E-state index is 11.9. The van der Waals surface area contributed by atoms with Crippen molar-refractivity contribution in [3.8, 4) is 0 Å². The molecule has 0 aliphatic carbocycles. The molecule has 0 saturated carbocycles. The lowest BCUT2D eigenvalue weighted by atomic mass is 10.1. The van der Waals surface area contributed by atoms with E-state index in [2.05, 4.69) is 5.32 Å². The Kier molecular flexibility index (Phi) is 8.24. The lowest BCUT2D eigenvalue weighted by molar-refractivity contribution is -0.134.